The summed E-state index contributed by atoms with van der Waals surface area (Å²) in [6.07, 6.45) is 4.16. The van der Waals surface area contributed by atoms with Crippen molar-refractivity contribution in [3.05, 3.63) is 65.2 Å². The number of carbonyl (C=O) groups is 1. The van der Waals surface area contributed by atoms with Crippen LogP contribution in [0.3, 0.4) is 0 Å². The molecule has 2 aliphatic heterocycles. The zero-order valence-corrected chi connectivity index (χ0v) is 15.5. The van der Waals surface area contributed by atoms with Crippen LogP contribution in [-0.2, 0) is 17.9 Å². The van der Waals surface area contributed by atoms with Crippen LogP contribution in [0.5, 0.6) is 0 Å². The van der Waals surface area contributed by atoms with E-state index < -0.39 is 0 Å². The molecule has 1 amide bonds. The fraction of sp³-hybridized carbons (Fsp3) is 0.316. The Morgan fingerprint density at radius 1 is 1.31 bits per heavy atom. The molecular weight excluding hydrogens is 346 g/mol. The average Bonchev–Trinajstić information content (AvgIpc) is 3.36. The highest BCUT2D eigenvalue weighted by Gasteiger charge is 2.28. The molecule has 134 valence electrons. The number of carbonyl (C=O) groups excluding carboxylic acids is 1. The van der Waals surface area contributed by atoms with Crippen LogP contribution in [0, 0.1) is 0 Å². The maximum absolute atomic E-state index is 12.7. The van der Waals surface area contributed by atoms with Gasteiger partial charge in [-0.05, 0) is 11.0 Å². The molecule has 4 rings (SSSR count). The van der Waals surface area contributed by atoms with Crippen molar-refractivity contribution in [1.82, 2.24) is 19.4 Å². The number of amides is 1. The molecule has 0 spiro atoms. The topological polar surface area (TPSA) is 53.7 Å². The van der Waals surface area contributed by atoms with Crippen LogP contribution >= 0.6 is 11.8 Å². The summed E-state index contributed by atoms with van der Waals surface area (Å²) in [6, 6.07) is 10.3. The quantitative estimate of drug-likeness (QED) is 0.787. The Balaban J connectivity index is 1.38. The number of aliphatic imine (C=N–C) groups is 1. The lowest BCUT2D eigenvalue weighted by atomic mass is 10.2. The van der Waals surface area contributed by atoms with E-state index in [1.807, 2.05) is 36.9 Å². The van der Waals surface area contributed by atoms with E-state index >= 15 is 0 Å². The molecule has 0 saturated carbocycles. The van der Waals surface area contributed by atoms with Crippen molar-refractivity contribution in [2.24, 2.45) is 4.99 Å². The molecule has 0 saturated heterocycles. The van der Waals surface area contributed by atoms with Gasteiger partial charge in [-0.15, -0.1) is 0 Å². The zero-order valence-electron chi connectivity index (χ0n) is 14.7. The van der Waals surface area contributed by atoms with Gasteiger partial charge in [-0.3, -0.25) is 9.79 Å². The van der Waals surface area contributed by atoms with Crippen molar-refractivity contribution in [3.8, 4) is 0 Å². The second-order valence-electron chi connectivity index (χ2n) is 6.43. The minimum atomic E-state index is 0.0965. The monoisotopic (exact) mass is 367 g/mol. The number of fused-ring (bicyclic) bond motifs is 1. The molecule has 7 heteroatoms. The van der Waals surface area contributed by atoms with Gasteiger partial charge in [-0.25, -0.2) is 4.98 Å². The molecule has 0 atom stereocenters. The molecule has 0 radical (unpaired) electrons. The summed E-state index contributed by atoms with van der Waals surface area (Å²) in [5.74, 6) is 0.988. The molecule has 2 aromatic rings. The Bertz CT molecular complexity index is 858. The Morgan fingerprint density at radius 3 is 3.00 bits per heavy atom. The maximum Gasteiger partial charge on any atom is 0.228 e. The minimum absolute atomic E-state index is 0.0965. The Hall–Kier alpha value is -2.54. The lowest BCUT2D eigenvalue weighted by molar-refractivity contribution is -0.130. The summed E-state index contributed by atoms with van der Waals surface area (Å²) in [4.78, 5) is 25.4. The van der Waals surface area contributed by atoms with E-state index in [2.05, 4.69) is 31.6 Å². The number of nitrogens with zero attached hydrogens (tertiary/aromatic N) is 5. The third kappa shape index (κ3) is 3.53. The largest absolute Gasteiger partial charge is 0.338 e. The number of hydrogen-bond acceptors (Lipinski definition) is 5. The molecule has 0 N–H and O–H groups in total. The van der Waals surface area contributed by atoms with Crippen LogP contribution in [0.4, 0.5) is 0 Å². The van der Waals surface area contributed by atoms with Crippen LogP contribution < -0.4 is 0 Å². The summed E-state index contributed by atoms with van der Waals surface area (Å²) in [5.41, 5.74) is 2.27. The zero-order chi connectivity index (χ0) is 17.9. The van der Waals surface area contributed by atoms with E-state index in [9.17, 15) is 4.79 Å². The van der Waals surface area contributed by atoms with Gasteiger partial charge in [-0.2, -0.15) is 0 Å². The van der Waals surface area contributed by atoms with E-state index in [1.54, 1.807) is 22.9 Å². The fourth-order valence-corrected chi connectivity index (χ4v) is 4.08. The van der Waals surface area contributed by atoms with E-state index in [-0.39, 0.29) is 5.91 Å². The Morgan fingerprint density at radius 2 is 2.15 bits per heavy atom. The SMILES string of the molecule is CN(Cc1nccn1Cc1ccccc1)C(=O)CC1=CSC2=NCCN12. The number of aromatic nitrogens is 2. The third-order valence-corrected chi connectivity index (χ3v) is 5.53. The molecular formula is C19H21N5OS. The van der Waals surface area contributed by atoms with Crippen LogP contribution in [0.15, 0.2) is 58.8 Å². The Labute approximate surface area is 157 Å². The van der Waals surface area contributed by atoms with Gasteiger partial charge in [0.15, 0.2) is 5.17 Å². The minimum Gasteiger partial charge on any atom is -0.338 e. The van der Waals surface area contributed by atoms with Crippen molar-refractivity contribution in [1.29, 1.82) is 0 Å². The highest BCUT2D eigenvalue weighted by Crippen LogP contribution is 2.31. The first-order chi connectivity index (χ1) is 12.7. The predicted octanol–water partition coefficient (Wildman–Crippen LogP) is 2.54. The van der Waals surface area contributed by atoms with Crippen molar-refractivity contribution >= 4 is 22.8 Å². The first-order valence-electron chi connectivity index (χ1n) is 8.66. The molecule has 0 aliphatic carbocycles. The molecule has 3 heterocycles. The van der Waals surface area contributed by atoms with E-state index in [1.165, 1.54) is 5.56 Å². The predicted molar refractivity (Wildman–Crippen MR) is 104 cm³/mol. The molecule has 2 aliphatic rings. The standard InChI is InChI=1S/C19H21N5OS/c1-22(18(25)11-16-14-26-19-21-8-10-24(16)19)13-17-20-7-9-23(17)12-15-5-3-2-4-6-15/h2-7,9,14H,8,10-13H2,1H3. The van der Waals surface area contributed by atoms with Gasteiger partial charge in [0.2, 0.25) is 5.91 Å². The van der Waals surface area contributed by atoms with Crippen molar-refractivity contribution in [2.75, 3.05) is 20.1 Å². The number of amidine groups is 1. The van der Waals surface area contributed by atoms with Crippen LogP contribution in [0.2, 0.25) is 0 Å². The Kier molecular flexibility index (Phi) is 4.79. The molecule has 1 aromatic carbocycles. The fourth-order valence-electron chi connectivity index (χ4n) is 3.12. The van der Waals surface area contributed by atoms with E-state index in [0.29, 0.717) is 13.0 Å². The number of rotatable bonds is 6. The van der Waals surface area contributed by atoms with Gasteiger partial charge in [0, 0.05) is 38.2 Å². The lowest BCUT2D eigenvalue weighted by Crippen LogP contribution is -2.30. The van der Waals surface area contributed by atoms with E-state index in [0.717, 1.165) is 36.3 Å². The number of benzene rings is 1. The van der Waals surface area contributed by atoms with Gasteiger partial charge >= 0.3 is 0 Å². The van der Waals surface area contributed by atoms with Crippen molar-refractivity contribution < 1.29 is 4.79 Å². The van der Waals surface area contributed by atoms with E-state index in [4.69, 9.17) is 0 Å². The third-order valence-electron chi connectivity index (χ3n) is 4.58. The average molecular weight is 367 g/mol. The first-order valence-corrected chi connectivity index (χ1v) is 9.54. The molecule has 0 bridgehead atoms. The molecule has 26 heavy (non-hydrogen) atoms. The van der Waals surface area contributed by atoms with Gasteiger partial charge in [0.05, 0.1) is 19.5 Å². The summed E-state index contributed by atoms with van der Waals surface area (Å²) in [5, 5.41) is 3.06. The molecule has 0 unspecified atom stereocenters. The second kappa shape index (κ2) is 7.37. The van der Waals surface area contributed by atoms with Gasteiger partial charge < -0.3 is 14.4 Å². The summed E-state index contributed by atoms with van der Waals surface area (Å²) < 4.78 is 2.09. The van der Waals surface area contributed by atoms with Gasteiger partial charge in [0.1, 0.15) is 5.82 Å². The van der Waals surface area contributed by atoms with Gasteiger partial charge in [0.25, 0.3) is 0 Å². The van der Waals surface area contributed by atoms with Gasteiger partial charge in [-0.1, -0.05) is 42.1 Å². The lowest BCUT2D eigenvalue weighted by Gasteiger charge is -2.21. The van der Waals surface area contributed by atoms with Crippen LogP contribution in [-0.4, -0.2) is 50.6 Å². The molecule has 6 nitrogen and oxygen atoms in total. The number of thioether (sulfide) groups is 1. The highest BCUT2D eigenvalue weighted by atomic mass is 32.2. The summed E-state index contributed by atoms with van der Waals surface area (Å²) in [7, 11) is 1.84. The van der Waals surface area contributed by atoms with Crippen LogP contribution in [0.25, 0.3) is 0 Å². The first kappa shape index (κ1) is 16.9. The second-order valence-corrected chi connectivity index (χ2v) is 7.26. The summed E-state index contributed by atoms with van der Waals surface area (Å²) in [6.45, 7) is 2.96. The number of imidazole rings is 1. The smallest absolute Gasteiger partial charge is 0.228 e. The van der Waals surface area contributed by atoms with Crippen LogP contribution in [0.1, 0.15) is 17.8 Å². The normalized spacial score (nSPS) is 15.7. The molecule has 1 aromatic heterocycles. The summed E-state index contributed by atoms with van der Waals surface area (Å²) >= 11 is 1.61. The van der Waals surface area contributed by atoms with Crippen molar-refractivity contribution in [3.63, 3.8) is 0 Å². The maximum atomic E-state index is 12.7. The highest BCUT2D eigenvalue weighted by molar-refractivity contribution is 8.16. The molecule has 0 fully saturated rings. The number of hydrogen-bond donors (Lipinski definition) is 0. The van der Waals surface area contributed by atoms with Crippen molar-refractivity contribution in [2.45, 2.75) is 19.5 Å².